The molecule has 0 spiro atoms. The van der Waals surface area contributed by atoms with E-state index in [0.29, 0.717) is 44.9 Å². The molecule has 0 saturated carbocycles. The van der Waals surface area contributed by atoms with Crippen LogP contribution in [0.3, 0.4) is 0 Å². The molecule has 0 aliphatic heterocycles. The Morgan fingerprint density at radius 3 is 2.78 bits per heavy atom. The molecular weight excluding hydrogens is 498 g/mol. The van der Waals surface area contributed by atoms with Crippen molar-refractivity contribution in [1.82, 2.24) is 24.5 Å². The Bertz CT molecular complexity index is 1560. The van der Waals surface area contributed by atoms with Crippen LogP contribution in [-0.4, -0.2) is 30.3 Å². The quantitative estimate of drug-likeness (QED) is 0.258. The molecule has 0 atom stereocenters. The average molecular weight is 518 g/mol. The van der Waals surface area contributed by atoms with E-state index in [-0.39, 0.29) is 17.9 Å². The van der Waals surface area contributed by atoms with E-state index in [0.717, 1.165) is 5.56 Å². The van der Waals surface area contributed by atoms with Crippen molar-refractivity contribution in [3.8, 4) is 17.1 Å². The smallest absolute Gasteiger partial charge is 0.255 e. The molecule has 0 aliphatic carbocycles. The molecule has 0 radical (unpaired) electrons. The summed E-state index contributed by atoms with van der Waals surface area (Å²) < 4.78 is 9.87. The number of pyridine rings is 2. The summed E-state index contributed by atoms with van der Waals surface area (Å²) in [7, 11) is 0. The van der Waals surface area contributed by atoms with Crippen LogP contribution in [0.5, 0.6) is 5.75 Å². The first-order chi connectivity index (χ1) is 17.6. The number of aryl methyl sites for hydroxylation is 1. The van der Waals surface area contributed by atoms with Gasteiger partial charge in [-0.2, -0.15) is 0 Å². The maximum atomic E-state index is 12.4. The van der Waals surface area contributed by atoms with E-state index in [1.165, 1.54) is 22.0 Å². The standard InChI is InChI=1S/C26H20ClN5O3S/c27-25-11-10-24(36-25)22(33)9-6-19-16-32(30-29-19)21-8-7-20(31-13-2-1-5-26(31)34)14-23(21)35-17-18-4-3-12-28-15-18/h1-5,7-8,10-16H,6,9,17H2. The summed E-state index contributed by atoms with van der Waals surface area (Å²) in [5, 5.41) is 8.49. The number of hydrogen-bond acceptors (Lipinski definition) is 7. The number of benzene rings is 1. The van der Waals surface area contributed by atoms with Crippen molar-refractivity contribution in [2.75, 3.05) is 0 Å². The van der Waals surface area contributed by atoms with Crippen molar-refractivity contribution in [3.63, 3.8) is 0 Å². The molecular formula is C26H20ClN5O3S. The lowest BCUT2D eigenvalue weighted by atomic mass is 10.1. The molecule has 180 valence electrons. The summed E-state index contributed by atoms with van der Waals surface area (Å²) in [5.74, 6) is 0.535. The summed E-state index contributed by atoms with van der Waals surface area (Å²) >= 11 is 7.21. The van der Waals surface area contributed by atoms with Crippen molar-refractivity contribution in [1.29, 1.82) is 0 Å². The van der Waals surface area contributed by atoms with Gasteiger partial charge in [-0.25, -0.2) is 4.68 Å². The Labute approximate surface area is 215 Å². The van der Waals surface area contributed by atoms with Crippen LogP contribution in [0.25, 0.3) is 11.4 Å². The first-order valence-corrected chi connectivity index (χ1v) is 12.3. The van der Waals surface area contributed by atoms with Crippen LogP contribution in [0.15, 0.2) is 90.2 Å². The van der Waals surface area contributed by atoms with E-state index in [2.05, 4.69) is 15.3 Å². The number of ketones is 1. The number of nitrogens with zero attached hydrogens (tertiary/aromatic N) is 5. The summed E-state index contributed by atoms with van der Waals surface area (Å²) in [6, 6.07) is 17.6. The van der Waals surface area contributed by atoms with Gasteiger partial charge in [0.2, 0.25) is 0 Å². The molecule has 1 aromatic carbocycles. The first kappa shape index (κ1) is 23.7. The Kier molecular flexibility index (Phi) is 7.01. The molecule has 0 unspecified atom stereocenters. The van der Waals surface area contributed by atoms with Crippen molar-refractivity contribution in [3.05, 3.63) is 116 Å². The lowest BCUT2D eigenvalue weighted by Gasteiger charge is -2.14. The number of carbonyl (C=O) groups excluding carboxylic acids is 1. The number of rotatable bonds is 9. The highest BCUT2D eigenvalue weighted by atomic mass is 35.5. The summed E-state index contributed by atoms with van der Waals surface area (Å²) in [6.07, 6.45) is 7.65. The number of aromatic nitrogens is 5. The summed E-state index contributed by atoms with van der Waals surface area (Å²) in [5.41, 5.74) is 2.74. The second-order valence-electron chi connectivity index (χ2n) is 7.89. The fraction of sp³-hybridized carbons (Fsp3) is 0.115. The van der Waals surface area contributed by atoms with E-state index >= 15 is 0 Å². The molecule has 10 heteroatoms. The minimum absolute atomic E-state index is 0.0135. The number of Topliss-reactive ketones (excluding diaryl/α,β-unsaturated/α-hetero) is 1. The van der Waals surface area contributed by atoms with Crippen molar-refractivity contribution >= 4 is 28.7 Å². The SMILES string of the molecule is O=C(CCc1cn(-c2ccc(-n3ccccc3=O)cc2OCc2cccnc2)nn1)c1ccc(Cl)s1. The molecule has 4 aromatic heterocycles. The second kappa shape index (κ2) is 10.7. The lowest BCUT2D eigenvalue weighted by Crippen LogP contribution is -2.16. The normalized spacial score (nSPS) is 10.9. The van der Waals surface area contributed by atoms with Gasteiger partial charge in [-0.1, -0.05) is 28.9 Å². The van der Waals surface area contributed by atoms with Crippen LogP contribution in [0.4, 0.5) is 0 Å². The largest absolute Gasteiger partial charge is 0.487 e. The molecule has 0 N–H and O–H groups in total. The number of ether oxygens (including phenoxy) is 1. The fourth-order valence-corrected chi connectivity index (χ4v) is 4.61. The third-order valence-corrected chi connectivity index (χ3v) is 6.68. The summed E-state index contributed by atoms with van der Waals surface area (Å²) in [4.78, 5) is 29.5. The van der Waals surface area contributed by atoms with E-state index in [1.54, 1.807) is 59.8 Å². The molecule has 0 bridgehead atoms. The highest BCUT2D eigenvalue weighted by molar-refractivity contribution is 7.18. The first-order valence-electron chi connectivity index (χ1n) is 11.1. The Hall–Kier alpha value is -4.08. The van der Waals surface area contributed by atoms with E-state index in [1.807, 2.05) is 24.3 Å². The van der Waals surface area contributed by atoms with Gasteiger partial charge in [0, 0.05) is 49.1 Å². The zero-order valence-corrected chi connectivity index (χ0v) is 20.5. The number of hydrogen-bond donors (Lipinski definition) is 0. The van der Waals surface area contributed by atoms with Crippen LogP contribution in [0.2, 0.25) is 4.34 Å². The maximum Gasteiger partial charge on any atom is 0.255 e. The minimum Gasteiger partial charge on any atom is -0.487 e. The van der Waals surface area contributed by atoms with Crippen LogP contribution in [0.1, 0.15) is 27.3 Å². The molecule has 0 amide bonds. The van der Waals surface area contributed by atoms with Crippen molar-refractivity contribution in [2.24, 2.45) is 0 Å². The van der Waals surface area contributed by atoms with Gasteiger partial charge in [0.05, 0.1) is 26.8 Å². The topological polar surface area (TPSA) is 91.9 Å². The lowest BCUT2D eigenvalue weighted by molar-refractivity contribution is 0.0986. The Morgan fingerprint density at radius 1 is 1.08 bits per heavy atom. The molecule has 0 saturated heterocycles. The Morgan fingerprint density at radius 2 is 2.00 bits per heavy atom. The zero-order chi connectivity index (χ0) is 24.9. The van der Waals surface area contributed by atoms with Crippen LogP contribution >= 0.6 is 22.9 Å². The van der Waals surface area contributed by atoms with Crippen LogP contribution < -0.4 is 10.3 Å². The highest BCUT2D eigenvalue weighted by Crippen LogP contribution is 2.27. The molecule has 4 heterocycles. The van der Waals surface area contributed by atoms with Gasteiger partial charge in [0.15, 0.2) is 5.78 Å². The van der Waals surface area contributed by atoms with Gasteiger partial charge in [0.25, 0.3) is 5.56 Å². The van der Waals surface area contributed by atoms with Gasteiger partial charge in [0.1, 0.15) is 18.0 Å². The zero-order valence-electron chi connectivity index (χ0n) is 19.0. The predicted octanol–water partition coefficient (Wildman–Crippen LogP) is 4.92. The molecule has 0 aliphatic rings. The third-order valence-electron chi connectivity index (χ3n) is 5.41. The maximum absolute atomic E-state index is 12.4. The van der Waals surface area contributed by atoms with E-state index in [4.69, 9.17) is 16.3 Å². The average Bonchev–Trinajstić information content (AvgIpc) is 3.56. The van der Waals surface area contributed by atoms with Gasteiger partial charge < -0.3 is 4.74 Å². The minimum atomic E-state index is -0.150. The van der Waals surface area contributed by atoms with Crippen molar-refractivity contribution < 1.29 is 9.53 Å². The third kappa shape index (κ3) is 5.42. The monoisotopic (exact) mass is 517 g/mol. The molecule has 5 aromatic rings. The summed E-state index contributed by atoms with van der Waals surface area (Å²) in [6.45, 7) is 0.285. The predicted molar refractivity (Wildman–Crippen MR) is 138 cm³/mol. The second-order valence-corrected chi connectivity index (χ2v) is 9.61. The number of carbonyl (C=O) groups is 1. The fourth-order valence-electron chi connectivity index (χ4n) is 3.60. The molecule has 36 heavy (non-hydrogen) atoms. The number of thiophene rings is 1. The Balaban J connectivity index is 1.40. The number of halogens is 1. The van der Waals surface area contributed by atoms with E-state index < -0.39 is 0 Å². The highest BCUT2D eigenvalue weighted by Gasteiger charge is 2.14. The van der Waals surface area contributed by atoms with Crippen LogP contribution in [-0.2, 0) is 13.0 Å². The van der Waals surface area contributed by atoms with Gasteiger partial charge in [-0.05, 0) is 36.4 Å². The van der Waals surface area contributed by atoms with Crippen LogP contribution in [0, 0.1) is 0 Å². The molecule has 5 rings (SSSR count). The van der Waals surface area contributed by atoms with E-state index in [9.17, 15) is 9.59 Å². The van der Waals surface area contributed by atoms with Crippen molar-refractivity contribution in [2.45, 2.75) is 19.4 Å². The molecule has 8 nitrogen and oxygen atoms in total. The molecule has 0 fully saturated rings. The van der Waals surface area contributed by atoms with Gasteiger partial charge in [-0.15, -0.1) is 16.4 Å². The van der Waals surface area contributed by atoms with Gasteiger partial charge in [-0.3, -0.25) is 19.1 Å². The van der Waals surface area contributed by atoms with Gasteiger partial charge >= 0.3 is 0 Å².